The average Bonchev–Trinajstić information content (AvgIpc) is 3.13. The standard InChI is InChI=1S/C23H24FN7O/c1-13-9-30(10-14(2)26-13)20-5-4-18(21-17(20)6-7-25-29-21)23(32)28-16-8-19(24)22-27-15(3)11-31(22)12-16/h4-8,11-14,26H,9-10H2,1-3H3,(H,28,32). The molecule has 4 heterocycles. The third-order valence-corrected chi connectivity index (χ3v) is 5.69. The van der Waals surface area contributed by atoms with Crippen LogP contribution in [-0.2, 0) is 0 Å². The lowest BCUT2D eigenvalue weighted by atomic mass is 10.0. The summed E-state index contributed by atoms with van der Waals surface area (Å²) in [4.78, 5) is 19.6. The number of nitrogens with zero attached hydrogens (tertiary/aromatic N) is 5. The highest BCUT2D eigenvalue weighted by Gasteiger charge is 2.24. The second-order valence-corrected chi connectivity index (χ2v) is 8.44. The number of imidazole rings is 1. The third-order valence-electron chi connectivity index (χ3n) is 5.69. The number of aryl methyl sites for hydroxylation is 1. The third kappa shape index (κ3) is 3.64. The number of carbonyl (C=O) groups excluding carboxylic acids is 1. The minimum absolute atomic E-state index is 0.223. The van der Waals surface area contributed by atoms with Crippen molar-refractivity contribution in [1.82, 2.24) is 24.9 Å². The Morgan fingerprint density at radius 2 is 1.97 bits per heavy atom. The number of hydrogen-bond donors (Lipinski definition) is 2. The van der Waals surface area contributed by atoms with E-state index in [2.05, 4.69) is 44.6 Å². The lowest BCUT2D eigenvalue weighted by Gasteiger charge is -2.38. The summed E-state index contributed by atoms with van der Waals surface area (Å²) in [5.74, 6) is -0.877. The molecule has 2 atom stereocenters. The van der Waals surface area contributed by atoms with Crippen LogP contribution in [0, 0.1) is 12.7 Å². The molecule has 1 aromatic carbocycles. The van der Waals surface area contributed by atoms with Crippen LogP contribution in [0.4, 0.5) is 15.8 Å². The van der Waals surface area contributed by atoms with Gasteiger partial charge in [0.25, 0.3) is 5.91 Å². The van der Waals surface area contributed by atoms with Crippen LogP contribution in [0.25, 0.3) is 16.6 Å². The molecule has 1 amide bonds. The number of pyridine rings is 1. The van der Waals surface area contributed by atoms with Gasteiger partial charge in [0.15, 0.2) is 11.5 Å². The summed E-state index contributed by atoms with van der Waals surface area (Å²) in [5.41, 5.74) is 3.18. The maximum atomic E-state index is 14.4. The molecule has 0 spiro atoms. The van der Waals surface area contributed by atoms with Gasteiger partial charge in [0, 0.05) is 54.7 Å². The first-order valence-electron chi connectivity index (χ1n) is 10.6. The number of benzene rings is 1. The molecule has 1 aliphatic heterocycles. The fourth-order valence-corrected chi connectivity index (χ4v) is 4.50. The zero-order valence-corrected chi connectivity index (χ0v) is 18.1. The van der Waals surface area contributed by atoms with Gasteiger partial charge in [-0.25, -0.2) is 9.37 Å². The number of fused-ring (bicyclic) bond motifs is 2. The first kappa shape index (κ1) is 20.3. The Morgan fingerprint density at radius 1 is 1.19 bits per heavy atom. The number of hydrogen-bond acceptors (Lipinski definition) is 6. The van der Waals surface area contributed by atoms with Crippen molar-refractivity contribution in [2.24, 2.45) is 0 Å². The molecule has 9 heteroatoms. The van der Waals surface area contributed by atoms with Gasteiger partial charge in [-0.15, -0.1) is 5.10 Å². The van der Waals surface area contributed by atoms with Crippen LogP contribution in [0.15, 0.2) is 42.9 Å². The highest BCUT2D eigenvalue weighted by Crippen LogP contribution is 2.30. The van der Waals surface area contributed by atoms with Gasteiger partial charge in [0.05, 0.1) is 23.1 Å². The Kier molecular flexibility index (Phi) is 4.97. The molecule has 1 saturated heterocycles. The average molecular weight is 433 g/mol. The lowest BCUT2D eigenvalue weighted by molar-refractivity contribution is 0.102. The van der Waals surface area contributed by atoms with Crippen LogP contribution in [0.1, 0.15) is 29.9 Å². The fraction of sp³-hybridized carbons (Fsp3) is 0.304. The molecular formula is C23H24FN7O. The molecule has 1 aliphatic rings. The smallest absolute Gasteiger partial charge is 0.257 e. The molecule has 32 heavy (non-hydrogen) atoms. The van der Waals surface area contributed by atoms with Gasteiger partial charge in [-0.2, -0.15) is 5.10 Å². The van der Waals surface area contributed by atoms with Gasteiger partial charge < -0.3 is 19.9 Å². The Hall–Kier alpha value is -3.59. The molecule has 1 fully saturated rings. The van der Waals surface area contributed by atoms with E-state index in [1.165, 1.54) is 6.07 Å². The van der Waals surface area contributed by atoms with Crippen molar-refractivity contribution in [2.45, 2.75) is 32.9 Å². The van der Waals surface area contributed by atoms with Crippen LogP contribution >= 0.6 is 0 Å². The van der Waals surface area contributed by atoms with E-state index in [0.29, 0.717) is 34.5 Å². The van der Waals surface area contributed by atoms with Crippen molar-refractivity contribution in [3.63, 3.8) is 0 Å². The van der Waals surface area contributed by atoms with E-state index < -0.39 is 5.82 Å². The summed E-state index contributed by atoms with van der Waals surface area (Å²) in [6.07, 6.45) is 4.98. The first-order valence-corrected chi connectivity index (χ1v) is 10.6. The molecule has 2 N–H and O–H groups in total. The summed E-state index contributed by atoms with van der Waals surface area (Å²) in [7, 11) is 0. The number of halogens is 1. The Balaban J connectivity index is 1.50. The predicted octanol–water partition coefficient (Wildman–Crippen LogP) is 3.16. The Bertz CT molecular complexity index is 1320. The molecule has 5 rings (SSSR count). The molecule has 3 aromatic heterocycles. The number of aromatic nitrogens is 4. The summed E-state index contributed by atoms with van der Waals surface area (Å²) in [6.45, 7) is 7.82. The normalized spacial score (nSPS) is 18.9. The number of carbonyl (C=O) groups is 1. The minimum Gasteiger partial charge on any atom is -0.368 e. The second kappa shape index (κ2) is 7.83. The van der Waals surface area contributed by atoms with Gasteiger partial charge in [-0.05, 0) is 39.0 Å². The summed E-state index contributed by atoms with van der Waals surface area (Å²) in [6, 6.07) is 7.56. The Labute approximate surface area is 184 Å². The molecular weight excluding hydrogens is 409 g/mol. The molecule has 0 saturated carbocycles. The van der Waals surface area contributed by atoms with Gasteiger partial charge in [-0.1, -0.05) is 0 Å². The van der Waals surface area contributed by atoms with Crippen molar-refractivity contribution < 1.29 is 9.18 Å². The van der Waals surface area contributed by atoms with E-state index in [1.807, 2.05) is 12.1 Å². The number of anilines is 2. The lowest BCUT2D eigenvalue weighted by Crippen LogP contribution is -2.54. The molecule has 8 nitrogen and oxygen atoms in total. The number of rotatable bonds is 3. The van der Waals surface area contributed by atoms with E-state index in [9.17, 15) is 9.18 Å². The summed E-state index contributed by atoms with van der Waals surface area (Å²) >= 11 is 0. The van der Waals surface area contributed by atoms with Crippen LogP contribution in [-0.4, -0.2) is 50.7 Å². The van der Waals surface area contributed by atoms with Crippen molar-refractivity contribution in [3.8, 4) is 0 Å². The van der Waals surface area contributed by atoms with Gasteiger partial charge in [0.1, 0.15) is 5.52 Å². The van der Waals surface area contributed by atoms with Crippen LogP contribution in [0.5, 0.6) is 0 Å². The van der Waals surface area contributed by atoms with E-state index in [1.54, 1.807) is 36.0 Å². The van der Waals surface area contributed by atoms with E-state index in [0.717, 1.165) is 24.2 Å². The molecule has 4 aromatic rings. The van der Waals surface area contributed by atoms with Crippen molar-refractivity contribution in [2.75, 3.05) is 23.3 Å². The highest BCUT2D eigenvalue weighted by atomic mass is 19.1. The second-order valence-electron chi connectivity index (χ2n) is 8.44. The topological polar surface area (TPSA) is 87.5 Å². The van der Waals surface area contributed by atoms with Crippen LogP contribution in [0.3, 0.4) is 0 Å². The van der Waals surface area contributed by atoms with E-state index in [-0.39, 0.29) is 11.6 Å². The van der Waals surface area contributed by atoms with Crippen LogP contribution < -0.4 is 15.5 Å². The zero-order chi connectivity index (χ0) is 22.4. The number of nitrogens with one attached hydrogen (secondary N) is 2. The van der Waals surface area contributed by atoms with E-state index in [4.69, 9.17) is 0 Å². The van der Waals surface area contributed by atoms with E-state index >= 15 is 0 Å². The minimum atomic E-state index is -0.502. The maximum absolute atomic E-state index is 14.4. The first-order chi connectivity index (χ1) is 15.4. The molecule has 0 radical (unpaired) electrons. The maximum Gasteiger partial charge on any atom is 0.257 e. The van der Waals surface area contributed by atoms with Crippen molar-refractivity contribution in [1.29, 1.82) is 0 Å². The highest BCUT2D eigenvalue weighted by molar-refractivity contribution is 6.13. The van der Waals surface area contributed by atoms with Crippen LogP contribution in [0.2, 0.25) is 0 Å². The summed E-state index contributed by atoms with van der Waals surface area (Å²) in [5, 5.41) is 15.4. The van der Waals surface area contributed by atoms with Gasteiger partial charge in [-0.3, -0.25) is 4.79 Å². The molecule has 2 unspecified atom stereocenters. The zero-order valence-electron chi connectivity index (χ0n) is 18.1. The number of amides is 1. The largest absolute Gasteiger partial charge is 0.368 e. The number of piperazine rings is 1. The van der Waals surface area contributed by atoms with Crippen molar-refractivity contribution in [3.05, 3.63) is 59.9 Å². The predicted molar refractivity (Wildman–Crippen MR) is 122 cm³/mol. The molecule has 164 valence electrons. The fourth-order valence-electron chi connectivity index (χ4n) is 4.50. The molecule has 0 aliphatic carbocycles. The van der Waals surface area contributed by atoms with Crippen molar-refractivity contribution >= 4 is 33.8 Å². The quantitative estimate of drug-likeness (QED) is 0.516. The molecule has 0 bridgehead atoms. The van der Waals surface area contributed by atoms with Gasteiger partial charge >= 0.3 is 0 Å². The monoisotopic (exact) mass is 433 g/mol. The Morgan fingerprint density at radius 3 is 2.75 bits per heavy atom. The van der Waals surface area contributed by atoms with Gasteiger partial charge in [0.2, 0.25) is 0 Å². The summed E-state index contributed by atoms with van der Waals surface area (Å²) < 4.78 is 16.0. The SMILES string of the molecule is Cc1cn2cc(NC(=O)c3ccc(N4CC(C)NC(C)C4)c4ccnnc34)cc(F)c2n1.